The van der Waals surface area contributed by atoms with Gasteiger partial charge in [0.05, 0.1) is 5.69 Å². The van der Waals surface area contributed by atoms with Gasteiger partial charge in [0.1, 0.15) is 29.4 Å². The summed E-state index contributed by atoms with van der Waals surface area (Å²) >= 11 is 0. The monoisotopic (exact) mass is 367 g/mol. The molecule has 0 aliphatic rings. The Morgan fingerprint density at radius 1 is 1.23 bits per heavy atom. The molecule has 142 valence electrons. The number of aromatic nitrogens is 2. The summed E-state index contributed by atoms with van der Waals surface area (Å²) in [5.74, 6) is 0.302. The summed E-state index contributed by atoms with van der Waals surface area (Å²) in [5.41, 5.74) is 6.04. The van der Waals surface area contributed by atoms with E-state index in [0.717, 1.165) is 12.8 Å². The predicted octanol–water partition coefficient (Wildman–Crippen LogP) is 4.84. The van der Waals surface area contributed by atoms with E-state index >= 15 is 0 Å². The van der Waals surface area contributed by atoms with Crippen molar-refractivity contribution in [2.45, 2.75) is 58.4 Å². The molecule has 0 saturated carbocycles. The molecule has 0 aromatic carbocycles. The van der Waals surface area contributed by atoms with Gasteiger partial charge in [-0.25, -0.2) is 18.2 Å². The van der Waals surface area contributed by atoms with Gasteiger partial charge in [0, 0.05) is 17.8 Å². The smallest absolute Gasteiger partial charge is 0.280 e. The van der Waals surface area contributed by atoms with Crippen molar-refractivity contribution < 1.29 is 17.9 Å². The molecular formula is C19H24F3N3O. The lowest BCUT2D eigenvalue weighted by Crippen LogP contribution is -2.47. The number of alkyl halides is 3. The van der Waals surface area contributed by atoms with Gasteiger partial charge in [0.15, 0.2) is 0 Å². The number of pyridine rings is 2. The maximum Gasteiger partial charge on any atom is 0.280 e. The zero-order chi connectivity index (χ0) is 19.3. The molecule has 0 saturated heterocycles. The first-order valence-electron chi connectivity index (χ1n) is 8.53. The number of nitrogens with two attached hydrogens (primary N) is 1. The minimum absolute atomic E-state index is 0.106. The Bertz CT molecular complexity index is 738. The molecule has 0 aliphatic heterocycles. The second-order valence-electron chi connectivity index (χ2n) is 6.65. The van der Waals surface area contributed by atoms with Crippen LogP contribution in [-0.4, -0.2) is 21.6 Å². The molecule has 4 nitrogen and oxygen atoms in total. The van der Waals surface area contributed by atoms with Gasteiger partial charge in [-0.1, -0.05) is 13.3 Å². The number of hydrogen-bond acceptors (Lipinski definition) is 4. The van der Waals surface area contributed by atoms with Gasteiger partial charge in [0.25, 0.3) is 6.43 Å². The largest absolute Gasteiger partial charge is 0.484 e. The molecule has 1 atom stereocenters. The molecule has 2 N–H and O–H groups in total. The third kappa shape index (κ3) is 4.72. The average Bonchev–Trinajstić information content (AvgIpc) is 2.62. The van der Waals surface area contributed by atoms with Crippen LogP contribution in [-0.2, 0) is 6.67 Å². The third-order valence-electron chi connectivity index (χ3n) is 4.23. The number of ether oxygens (including phenoxy) is 1. The molecule has 0 fully saturated rings. The Morgan fingerprint density at radius 2 is 1.96 bits per heavy atom. The van der Waals surface area contributed by atoms with Crippen molar-refractivity contribution >= 4 is 0 Å². The molecule has 0 radical (unpaired) electrons. The fourth-order valence-electron chi connectivity index (χ4n) is 2.58. The molecule has 0 amide bonds. The van der Waals surface area contributed by atoms with Crippen molar-refractivity contribution in [2.24, 2.45) is 5.73 Å². The minimum atomic E-state index is -2.68. The highest BCUT2D eigenvalue weighted by molar-refractivity contribution is 5.60. The highest BCUT2D eigenvalue weighted by Gasteiger charge is 2.29. The van der Waals surface area contributed by atoms with E-state index in [1.165, 1.54) is 12.3 Å². The van der Waals surface area contributed by atoms with Crippen LogP contribution in [0.15, 0.2) is 30.5 Å². The summed E-state index contributed by atoms with van der Waals surface area (Å²) < 4.78 is 45.1. The standard InChI is InChI=1S/C19H24F3N3O/c1-4-5-17(23)19(2,3)26-16-7-6-13(25-15(16)11-20)12-8-9-24-14(10-12)18(21)22/h6-10,17-18H,4-5,11,23H2,1-3H3/t17-/m0/s1. The first kappa shape index (κ1) is 20.2. The molecule has 2 aromatic rings. The van der Waals surface area contributed by atoms with Gasteiger partial charge in [-0.05, 0) is 44.5 Å². The average molecular weight is 367 g/mol. The van der Waals surface area contributed by atoms with Gasteiger partial charge in [-0.15, -0.1) is 0 Å². The van der Waals surface area contributed by atoms with Crippen molar-refractivity contribution in [3.8, 4) is 17.0 Å². The lowest BCUT2D eigenvalue weighted by Gasteiger charge is -2.33. The molecule has 26 heavy (non-hydrogen) atoms. The van der Waals surface area contributed by atoms with E-state index < -0.39 is 18.7 Å². The number of hydrogen-bond donors (Lipinski definition) is 1. The molecule has 0 spiro atoms. The summed E-state index contributed by atoms with van der Waals surface area (Å²) in [6, 6.07) is 5.79. The Labute approximate surface area is 151 Å². The highest BCUT2D eigenvalue weighted by atomic mass is 19.3. The SMILES string of the molecule is CCC[C@H](N)C(C)(C)Oc1ccc(-c2ccnc(C(F)F)c2)nc1CF. The molecule has 0 unspecified atom stereocenters. The van der Waals surface area contributed by atoms with Gasteiger partial charge >= 0.3 is 0 Å². The maximum atomic E-state index is 13.5. The molecule has 7 heteroatoms. The van der Waals surface area contributed by atoms with Crippen LogP contribution >= 0.6 is 0 Å². The molecular weight excluding hydrogens is 343 g/mol. The topological polar surface area (TPSA) is 61.0 Å². The second kappa shape index (κ2) is 8.49. The van der Waals surface area contributed by atoms with E-state index in [2.05, 4.69) is 9.97 Å². The summed E-state index contributed by atoms with van der Waals surface area (Å²) in [4.78, 5) is 7.86. The summed E-state index contributed by atoms with van der Waals surface area (Å²) in [7, 11) is 0. The first-order chi connectivity index (χ1) is 12.3. The van der Waals surface area contributed by atoms with Crippen molar-refractivity contribution in [3.63, 3.8) is 0 Å². The van der Waals surface area contributed by atoms with Crippen LogP contribution in [0.3, 0.4) is 0 Å². The summed E-state index contributed by atoms with van der Waals surface area (Å²) in [5, 5.41) is 0. The van der Waals surface area contributed by atoms with Crippen molar-refractivity contribution in [2.75, 3.05) is 0 Å². The van der Waals surface area contributed by atoms with Gasteiger partial charge in [0.2, 0.25) is 0 Å². The quantitative estimate of drug-likeness (QED) is 0.725. The van der Waals surface area contributed by atoms with Crippen LogP contribution in [0.5, 0.6) is 5.75 Å². The van der Waals surface area contributed by atoms with E-state index in [9.17, 15) is 13.2 Å². The zero-order valence-electron chi connectivity index (χ0n) is 15.2. The van der Waals surface area contributed by atoms with Gasteiger partial charge in [-0.3, -0.25) is 4.98 Å². The number of nitrogens with zero attached hydrogens (tertiary/aromatic N) is 2. The lowest BCUT2D eigenvalue weighted by atomic mass is 9.95. The second-order valence-corrected chi connectivity index (χ2v) is 6.65. The molecule has 0 bridgehead atoms. The van der Waals surface area contributed by atoms with Crippen LogP contribution in [0.2, 0.25) is 0 Å². The normalized spacial score (nSPS) is 13.1. The Hall–Kier alpha value is -2.15. The van der Waals surface area contributed by atoms with Crippen LogP contribution in [0.1, 0.15) is 51.4 Å². The molecule has 2 heterocycles. The number of halogens is 3. The molecule has 2 rings (SSSR count). The Balaban J connectivity index is 2.31. The third-order valence-corrected chi connectivity index (χ3v) is 4.23. The molecule has 0 aliphatic carbocycles. The predicted molar refractivity (Wildman–Crippen MR) is 94.8 cm³/mol. The van der Waals surface area contributed by atoms with Crippen LogP contribution in [0.4, 0.5) is 13.2 Å². The zero-order valence-corrected chi connectivity index (χ0v) is 15.2. The molecule has 2 aromatic heterocycles. The fraction of sp³-hybridized carbons (Fsp3) is 0.474. The highest BCUT2D eigenvalue weighted by Crippen LogP contribution is 2.29. The van der Waals surface area contributed by atoms with Crippen molar-refractivity contribution in [1.82, 2.24) is 9.97 Å². The van der Waals surface area contributed by atoms with E-state index in [1.54, 1.807) is 18.2 Å². The van der Waals surface area contributed by atoms with Gasteiger partial charge < -0.3 is 10.5 Å². The Morgan fingerprint density at radius 3 is 2.58 bits per heavy atom. The first-order valence-corrected chi connectivity index (χ1v) is 8.53. The van der Waals surface area contributed by atoms with E-state index in [4.69, 9.17) is 10.5 Å². The van der Waals surface area contributed by atoms with Crippen molar-refractivity contribution in [3.05, 3.63) is 41.9 Å². The fourth-order valence-corrected chi connectivity index (χ4v) is 2.58. The van der Waals surface area contributed by atoms with Gasteiger partial charge in [-0.2, -0.15) is 0 Å². The van der Waals surface area contributed by atoms with E-state index in [-0.39, 0.29) is 17.4 Å². The van der Waals surface area contributed by atoms with Crippen LogP contribution < -0.4 is 10.5 Å². The van der Waals surface area contributed by atoms with Crippen molar-refractivity contribution in [1.29, 1.82) is 0 Å². The summed E-state index contributed by atoms with van der Waals surface area (Å²) in [6.45, 7) is 4.89. The number of rotatable bonds is 8. The van der Waals surface area contributed by atoms with Crippen LogP contribution in [0, 0.1) is 0 Å². The summed E-state index contributed by atoms with van der Waals surface area (Å²) in [6.07, 6.45) is 0.288. The lowest BCUT2D eigenvalue weighted by molar-refractivity contribution is 0.0736. The minimum Gasteiger partial charge on any atom is -0.484 e. The maximum absolute atomic E-state index is 13.5. The van der Waals surface area contributed by atoms with E-state index in [0.29, 0.717) is 17.0 Å². The van der Waals surface area contributed by atoms with E-state index in [1.807, 2.05) is 20.8 Å². The Kier molecular flexibility index (Phi) is 6.58. The van der Waals surface area contributed by atoms with Crippen LogP contribution in [0.25, 0.3) is 11.3 Å².